The topological polar surface area (TPSA) is 78.9 Å². The van der Waals surface area contributed by atoms with Crippen molar-refractivity contribution in [3.05, 3.63) is 35.9 Å². The van der Waals surface area contributed by atoms with Crippen LogP contribution in [0.2, 0.25) is 0 Å². The largest absolute Gasteiger partial charge is 0.389 e. The normalized spacial score (nSPS) is 12.2. The Morgan fingerprint density at radius 2 is 2.00 bits per heavy atom. The quantitative estimate of drug-likeness (QED) is 0.728. The maximum atomic E-state index is 11.7. The Kier molecular flexibility index (Phi) is 6.86. The highest BCUT2D eigenvalue weighted by Gasteiger charge is 2.14. The van der Waals surface area contributed by atoms with Crippen molar-refractivity contribution in [3.8, 4) is 0 Å². The molecule has 0 radical (unpaired) electrons. The number of nitrogens with zero attached hydrogens (tertiary/aromatic N) is 1. The Labute approximate surface area is 118 Å². The van der Waals surface area contributed by atoms with Crippen LogP contribution in [0.1, 0.15) is 10.4 Å². The molecule has 6 nitrogen and oxygen atoms in total. The number of ether oxygens (including phenoxy) is 1. The molecule has 0 spiro atoms. The number of rotatable bonds is 7. The molecule has 0 aliphatic carbocycles. The molecule has 0 bridgehead atoms. The summed E-state index contributed by atoms with van der Waals surface area (Å²) in [6.07, 6.45) is -0.664. The van der Waals surface area contributed by atoms with E-state index in [2.05, 4.69) is 5.32 Å². The van der Waals surface area contributed by atoms with Crippen molar-refractivity contribution in [3.63, 3.8) is 0 Å². The van der Waals surface area contributed by atoms with Crippen molar-refractivity contribution in [2.75, 3.05) is 33.9 Å². The molecular weight excluding hydrogens is 260 g/mol. The van der Waals surface area contributed by atoms with Gasteiger partial charge in [-0.25, -0.2) is 0 Å². The van der Waals surface area contributed by atoms with Gasteiger partial charge in [0.05, 0.1) is 19.3 Å². The summed E-state index contributed by atoms with van der Waals surface area (Å²) >= 11 is 0. The standard InChI is InChI=1S/C14H20N2O4/c1-16(8-12(17)10-20-2)9-13(18)15-14(19)11-6-4-3-5-7-11/h3-7,12,17H,8-10H2,1-2H3,(H,15,18,19). The van der Waals surface area contributed by atoms with E-state index in [-0.39, 0.29) is 13.2 Å². The Hall–Kier alpha value is -1.76. The van der Waals surface area contributed by atoms with Gasteiger partial charge in [0, 0.05) is 19.2 Å². The fourth-order valence-corrected chi connectivity index (χ4v) is 1.74. The molecular formula is C14H20N2O4. The van der Waals surface area contributed by atoms with Gasteiger partial charge in [0.2, 0.25) is 5.91 Å². The molecule has 0 fully saturated rings. The van der Waals surface area contributed by atoms with E-state index in [4.69, 9.17) is 4.74 Å². The number of benzene rings is 1. The lowest BCUT2D eigenvalue weighted by Crippen LogP contribution is -2.41. The number of carbonyl (C=O) groups excluding carboxylic acids is 2. The summed E-state index contributed by atoms with van der Waals surface area (Å²) in [5, 5.41) is 11.8. The highest BCUT2D eigenvalue weighted by atomic mass is 16.5. The third-order valence-electron chi connectivity index (χ3n) is 2.58. The van der Waals surface area contributed by atoms with E-state index in [1.807, 2.05) is 0 Å². The van der Waals surface area contributed by atoms with Gasteiger partial charge < -0.3 is 9.84 Å². The number of hydrogen-bond donors (Lipinski definition) is 2. The number of imide groups is 1. The Bertz CT molecular complexity index is 436. The zero-order chi connectivity index (χ0) is 15.0. The summed E-state index contributed by atoms with van der Waals surface area (Å²) in [4.78, 5) is 25.1. The molecule has 110 valence electrons. The maximum Gasteiger partial charge on any atom is 0.257 e. The van der Waals surface area contributed by atoms with Gasteiger partial charge in [-0.05, 0) is 19.2 Å². The van der Waals surface area contributed by atoms with Crippen LogP contribution in [0.25, 0.3) is 0 Å². The SMILES string of the molecule is COCC(O)CN(C)CC(=O)NC(=O)c1ccccc1. The van der Waals surface area contributed by atoms with Gasteiger partial charge in [-0.1, -0.05) is 18.2 Å². The zero-order valence-electron chi connectivity index (χ0n) is 11.7. The summed E-state index contributed by atoms with van der Waals surface area (Å²) in [7, 11) is 3.18. The first-order valence-electron chi connectivity index (χ1n) is 6.27. The summed E-state index contributed by atoms with van der Waals surface area (Å²) < 4.78 is 4.80. The van der Waals surface area contributed by atoms with Crippen LogP contribution in [0, 0.1) is 0 Å². The monoisotopic (exact) mass is 280 g/mol. The number of nitrogens with one attached hydrogen (secondary N) is 1. The van der Waals surface area contributed by atoms with Crippen molar-refractivity contribution < 1.29 is 19.4 Å². The van der Waals surface area contributed by atoms with E-state index in [9.17, 15) is 14.7 Å². The van der Waals surface area contributed by atoms with Gasteiger partial charge >= 0.3 is 0 Å². The van der Waals surface area contributed by atoms with Crippen molar-refractivity contribution in [2.45, 2.75) is 6.10 Å². The molecule has 1 rings (SSSR count). The van der Waals surface area contributed by atoms with Crippen LogP contribution in [-0.2, 0) is 9.53 Å². The van der Waals surface area contributed by atoms with Crippen molar-refractivity contribution >= 4 is 11.8 Å². The average Bonchev–Trinajstić information content (AvgIpc) is 2.39. The second-order valence-corrected chi connectivity index (χ2v) is 4.55. The summed E-state index contributed by atoms with van der Waals surface area (Å²) in [6.45, 7) is 0.523. The Morgan fingerprint density at radius 3 is 2.60 bits per heavy atom. The summed E-state index contributed by atoms with van der Waals surface area (Å²) in [5.41, 5.74) is 0.433. The van der Waals surface area contributed by atoms with Gasteiger partial charge in [0.1, 0.15) is 0 Å². The minimum Gasteiger partial charge on any atom is -0.389 e. The average molecular weight is 280 g/mol. The van der Waals surface area contributed by atoms with Crippen LogP contribution in [0.3, 0.4) is 0 Å². The third kappa shape index (κ3) is 5.92. The minimum atomic E-state index is -0.664. The molecule has 2 N–H and O–H groups in total. The van der Waals surface area contributed by atoms with Crippen LogP contribution in [0.4, 0.5) is 0 Å². The third-order valence-corrected chi connectivity index (χ3v) is 2.58. The summed E-state index contributed by atoms with van der Waals surface area (Å²) in [6, 6.07) is 8.52. The van der Waals surface area contributed by atoms with Gasteiger partial charge in [-0.15, -0.1) is 0 Å². The van der Waals surface area contributed by atoms with Gasteiger partial charge in [-0.2, -0.15) is 0 Å². The molecule has 1 unspecified atom stereocenters. The highest BCUT2D eigenvalue weighted by Crippen LogP contribution is 1.98. The lowest BCUT2D eigenvalue weighted by atomic mass is 10.2. The van der Waals surface area contributed by atoms with E-state index in [0.717, 1.165) is 0 Å². The van der Waals surface area contributed by atoms with E-state index in [1.54, 1.807) is 42.3 Å². The molecule has 0 aliphatic heterocycles. The van der Waals surface area contributed by atoms with Crippen LogP contribution in [0.15, 0.2) is 30.3 Å². The highest BCUT2D eigenvalue weighted by molar-refractivity contribution is 6.05. The van der Waals surface area contributed by atoms with Gasteiger partial charge in [0.25, 0.3) is 5.91 Å². The number of carbonyl (C=O) groups is 2. The van der Waals surface area contributed by atoms with E-state index < -0.39 is 17.9 Å². The molecule has 1 atom stereocenters. The molecule has 6 heteroatoms. The number of hydrogen-bond acceptors (Lipinski definition) is 5. The van der Waals surface area contributed by atoms with E-state index >= 15 is 0 Å². The number of likely N-dealkylation sites (N-methyl/N-ethyl adjacent to an activating group) is 1. The first-order chi connectivity index (χ1) is 9.52. The van der Waals surface area contributed by atoms with Crippen molar-refractivity contribution in [2.24, 2.45) is 0 Å². The second kappa shape index (κ2) is 8.42. The van der Waals surface area contributed by atoms with Gasteiger partial charge in [-0.3, -0.25) is 19.8 Å². The minimum absolute atomic E-state index is 0.0271. The maximum absolute atomic E-state index is 11.7. The molecule has 0 saturated carbocycles. The second-order valence-electron chi connectivity index (χ2n) is 4.55. The molecule has 2 amide bonds. The fraction of sp³-hybridized carbons (Fsp3) is 0.429. The molecule has 1 aromatic carbocycles. The lowest BCUT2D eigenvalue weighted by molar-refractivity contribution is -0.121. The van der Waals surface area contributed by atoms with E-state index in [0.29, 0.717) is 12.1 Å². The van der Waals surface area contributed by atoms with Crippen LogP contribution >= 0.6 is 0 Å². The molecule has 1 aromatic rings. The first-order valence-corrected chi connectivity index (χ1v) is 6.27. The van der Waals surface area contributed by atoms with Crippen LogP contribution in [-0.4, -0.2) is 61.8 Å². The predicted molar refractivity (Wildman–Crippen MR) is 74.3 cm³/mol. The Balaban J connectivity index is 2.38. The predicted octanol–water partition coefficient (Wildman–Crippen LogP) is -0.118. The van der Waals surface area contributed by atoms with Crippen molar-refractivity contribution in [1.29, 1.82) is 0 Å². The van der Waals surface area contributed by atoms with Crippen LogP contribution < -0.4 is 5.32 Å². The number of amides is 2. The zero-order valence-corrected chi connectivity index (χ0v) is 11.7. The number of aliphatic hydroxyl groups excluding tert-OH is 1. The van der Waals surface area contributed by atoms with Crippen LogP contribution in [0.5, 0.6) is 0 Å². The summed E-state index contributed by atoms with van der Waals surface area (Å²) in [5.74, 6) is -0.840. The number of methoxy groups -OCH3 is 1. The Morgan fingerprint density at radius 1 is 1.35 bits per heavy atom. The number of aliphatic hydroxyl groups is 1. The molecule has 0 aliphatic rings. The van der Waals surface area contributed by atoms with Gasteiger partial charge in [0.15, 0.2) is 0 Å². The molecule has 0 aromatic heterocycles. The molecule has 0 heterocycles. The molecule has 0 saturated heterocycles. The fourth-order valence-electron chi connectivity index (χ4n) is 1.74. The molecule has 20 heavy (non-hydrogen) atoms. The van der Waals surface area contributed by atoms with E-state index in [1.165, 1.54) is 7.11 Å². The smallest absolute Gasteiger partial charge is 0.257 e. The lowest BCUT2D eigenvalue weighted by Gasteiger charge is -2.19. The van der Waals surface area contributed by atoms with Crippen molar-refractivity contribution in [1.82, 2.24) is 10.2 Å². The first kappa shape index (κ1) is 16.3.